The monoisotopic (exact) mass is 313 g/mol. The van der Waals surface area contributed by atoms with Gasteiger partial charge >= 0.3 is 6.03 Å². The molecule has 1 fully saturated rings. The second-order valence-corrected chi connectivity index (χ2v) is 5.54. The number of urea groups is 1. The van der Waals surface area contributed by atoms with Gasteiger partial charge in [0.05, 0.1) is 6.04 Å². The van der Waals surface area contributed by atoms with Crippen LogP contribution >= 0.6 is 11.6 Å². The van der Waals surface area contributed by atoms with E-state index in [9.17, 15) is 4.79 Å². The zero-order chi connectivity index (χ0) is 15.4. The molecule has 0 saturated carbocycles. The molecular weight excluding hydrogens is 298 g/mol. The van der Waals surface area contributed by atoms with Crippen molar-refractivity contribution in [2.75, 3.05) is 11.4 Å². The SMILES string of the molecule is O=C1NCC(C/C=C/c2cccc(Cl)c2)N1c1ccncc1. The van der Waals surface area contributed by atoms with E-state index < -0.39 is 0 Å². The fourth-order valence-corrected chi connectivity index (χ4v) is 2.74. The number of anilines is 1. The van der Waals surface area contributed by atoms with E-state index in [2.05, 4.69) is 16.4 Å². The summed E-state index contributed by atoms with van der Waals surface area (Å²) in [5.41, 5.74) is 1.92. The summed E-state index contributed by atoms with van der Waals surface area (Å²) in [4.78, 5) is 17.8. The number of rotatable bonds is 4. The Morgan fingerprint density at radius 2 is 2.14 bits per heavy atom. The lowest BCUT2D eigenvalue weighted by atomic mass is 10.1. The van der Waals surface area contributed by atoms with E-state index in [0.29, 0.717) is 6.54 Å². The lowest BCUT2D eigenvalue weighted by Crippen LogP contribution is -2.33. The smallest absolute Gasteiger partial charge is 0.322 e. The molecule has 1 unspecified atom stereocenters. The summed E-state index contributed by atoms with van der Waals surface area (Å²) >= 11 is 5.97. The second kappa shape index (κ2) is 6.62. The van der Waals surface area contributed by atoms with E-state index in [1.54, 1.807) is 17.3 Å². The first-order valence-corrected chi connectivity index (χ1v) is 7.51. The largest absolute Gasteiger partial charge is 0.336 e. The molecule has 0 aliphatic carbocycles. The van der Waals surface area contributed by atoms with E-state index in [1.807, 2.05) is 42.5 Å². The minimum absolute atomic E-state index is 0.0626. The van der Waals surface area contributed by atoms with E-state index in [4.69, 9.17) is 11.6 Å². The maximum Gasteiger partial charge on any atom is 0.322 e. The number of halogens is 1. The topological polar surface area (TPSA) is 45.2 Å². The minimum atomic E-state index is -0.0626. The first-order chi connectivity index (χ1) is 10.7. The maximum absolute atomic E-state index is 12.0. The lowest BCUT2D eigenvalue weighted by molar-refractivity contribution is 0.251. The zero-order valence-electron chi connectivity index (χ0n) is 11.9. The van der Waals surface area contributed by atoms with Crippen LogP contribution in [0.15, 0.2) is 54.9 Å². The summed E-state index contributed by atoms with van der Waals surface area (Å²) < 4.78 is 0. The third-order valence-corrected chi connectivity index (χ3v) is 3.82. The predicted octanol–water partition coefficient (Wildman–Crippen LogP) is 3.74. The van der Waals surface area contributed by atoms with Crippen LogP contribution in [0.2, 0.25) is 5.02 Å². The molecule has 5 heteroatoms. The van der Waals surface area contributed by atoms with Gasteiger partial charge in [0.15, 0.2) is 0 Å². The van der Waals surface area contributed by atoms with Gasteiger partial charge < -0.3 is 5.32 Å². The lowest BCUT2D eigenvalue weighted by Gasteiger charge is -2.21. The van der Waals surface area contributed by atoms with Gasteiger partial charge in [-0.1, -0.05) is 35.9 Å². The van der Waals surface area contributed by atoms with E-state index >= 15 is 0 Å². The van der Waals surface area contributed by atoms with Gasteiger partial charge in [-0.2, -0.15) is 0 Å². The number of hydrogen-bond acceptors (Lipinski definition) is 2. The van der Waals surface area contributed by atoms with Crippen molar-refractivity contribution in [2.24, 2.45) is 0 Å². The third-order valence-electron chi connectivity index (χ3n) is 3.58. The molecule has 2 heterocycles. The average molecular weight is 314 g/mol. The first-order valence-electron chi connectivity index (χ1n) is 7.13. The quantitative estimate of drug-likeness (QED) is 0.934. The average Bonchev–Trinajstić information content (AvgIpc) is 2.89. The minimum Gasteiger partial charge on any atom is -0.336 e. The number of carbonyl (C=O) groups is 1. The van der Waals surface area contributed by atoms with Crippen molar-refractivity contribution in [1.82, 2.24) is 10.3 Å². The fraction of sp³-hybridized carbons (Fsp3) is 0.176. The number of pyridine rings is 1. The van der Waals surface area contributed by atoms with E-state index in [1.165, 1.54) is 0 Å². The molecule has 1 aliphatic rings. The standard InChI is InChI=1S/C17H16ClN3O/c18-14-5-1-3-13(11-14)4-2-6-16-12-20-17(22)21(16)15-7-9-19-10-8-15/h1-5,7-11,16H,6,12H2,(H,20,22)/b4-2+. The van der Waals surface area contributed by atoms with Crippen molar-refractivity contribution in [3.8, 4) is 0 Å². The summed E-state index contributed by atoms with van der Waals surface area (Å²) in [5, 5.41) is 3.61. The molecule has 0 radical (unpaired) electrons. The van der Waals surface area contributed by atoms with Crippen molar-refractivity contribution < 1.29 is 4.79 Å². The Hall–Kier alpha value is -2.33. The Labute approximate surface area is 134 Å². The van der Waals surface area contributed by atoms with Gasteiger partial charge in [0.1, 0.15) is 0 Å². The van der Waals surface area contributed by atoms with Crippen molar-refractivity contribution in [2.45, 2.75) is 12.5 Å². The molecular formula is C17H16ClN3O. The van der Waals surface area contributed by atoms with Gasteiger partial charge in [-0.25, -0.2) is 4.79 Å². The Kier molecular flexibility index (Phi) is 4.39. The zero-order valence-corrected chi connectivity index (χ0v) is 12.7. The molecule has 0 bridgehead atoms. The molecule has 1 saturated heterocycles. The number of carbonyl (C=O) groups excluding carboxylic acids is 1. The first kappa shape index (κ1) is 14.6. The number of nitrogens with zero attached hydrogens (tertiary/aromatic N) is 2. The van der Waals surface area contributed by atoms with Crippen LogP contribution in [-0.4, -0.2) is 23.6 Å². The summed E-state index contributed by atoms with van der Waals surface area (Å²) in [6.45, 7) is 0.640. The highest BCUT2D eigenvalue weighted by Gasteiger charge is 2.30. The Morgan fingerprint density at radius 3 is 2.91 bits per heavy atom. The van der Waals surface area contributed by atoms with Gasteiger partial charge in [0, 0.05) is 29.6 Å². The number of hydrogen-bond donors (Lipinski definition) is 1. The Morgan fingerprint density at radius 1 is 1.32 bits per heavy atom. The summed E-state index contributed by atoms with van der Waals surface area (Å²) in [6.07, 6.45) is 8.26. The van der Waals surface area contributed by atoms with E-state index in [-0.39, 0.29) is 12.1 Å². The fourth-order valence-electron chi connectivity index (χ4n) is 2.54. The number of benzene rings is 1. The van der Waals surface area contributed by atoms with Gasteiger partial charge in [0.25, 0.3) is 0 Å². The molecule has 2 aromatic rings. The molecule has 3 rings (SSSR count). The van der Waals surface area contributed by atoms with Gasteiger partial charge in [-0.15, -0.1) is 0 Å². The Balaban J connectivity index is 1.70. The van der Waals surface area contributed by atoms with Crippen molar-refractivity contribution >= 4 is 29.4 Å². The highest BCUT2D eigenvalue weighted by molar-refractivity contribution is 6.30. The van der Waals surface area contributed by atoms with Crippen LogP contribution in [0.1, 0.15) is 12.0 Å². The van der Waals surface area contributed by atoms with Gasteiger partial charge in [-0.3, -0.25) is 9.88 Å². The molecule has 1 atom stereocenters. The van der Waals surface area contributed by atoms with Crippen LogP contribution in [0.5, 0.6) is 0 Å². The van der Waals surface area contributed by atoms with Crippen LogP contribution in [0, 0.1) is 0 Å². The highest BCUT2D eigenvalue weighted by Crippen LogP contribution is 2.22. The van der Waals surface area contributed by atoms with Crippen LogP contribution in [0.4, 0.5) is 10.5 Å². The molecule has 1 N–H and O–H groups in total. The van der Waals surface area contributed by atoms with Crippen molar-refractivity contribution in [3.05, 3.63) is 65.5 Å². The highest BCUT2D eigenvalue weighted by atomic mass is 35.5. The molecule has 1 aliphatic heterocycles. The predicted molar refractivity (Wildman–Crippen MR) is 89.0 cm³/mol. The van der Waals surface area contributed by atoms with E-state index in [0.717, 1.165) is 22.7 Å². The number of aromatic nitrogens is 1. The summed E-state index contributed by atoms with van der Waals surface area (Å²) in [7, 11) is 0. The number of amides is 2. The molecule has 1 aromatic carbocycles. The number of nitrogens with one attached hydrogen (secondary N) is 1. The second-order valence-electron chi connectivity index (χ2n) is 5.11. The Bertz CT molecular complexity index is 687. The molecule has 2 amide bonds. The van der Waals surface area contributed by atoms with Crippen molar-refractivity contribution in [1.29, 1.82) is 0 Å². The van der Waals surface area contributed by atoms with Crippen LogP contribution < -0.4 is 10.2 Å². The van der Waals surface area contributed by atoms with Crippen LogP contribution in [0.25, 0.3) is 6.08 Å². The maximum atomic E-state index is 12.0. The molecule has 1 aromatic heterocycles. The van der Waals surface area contributed by atoms with Crippen LogP contribution in [-0.2, 0) is 0 Å². The molecule has 4 nitrogen and oxygen atoms in total. The normalized spacial score (nSPS) is 18.0. The third kappa shape index (κ3) is 3.28. The summed E-state index contributed by atoms with van der Waals surface area (Å²) in [6, 6.07) is 11.4. The summed E-state index contributed by atoms with van der Waals surface area (Å²) in [5.74, 6) is 0. The van der Waals surface area contributed by atoms with Gasteiger partial charge in [0.2, 0.25) is 0 Å². The molecule has 0 spiro atoms. The van der Waals surface area contributed by atoms with Gasteiger partial charge in [-0.05, 0) is 36.2 Å². The van der Waals surface area contributed by atoms with Crippen molar-refractivity contribution in [3.63, 3.8) is 0 Å². The molecule has 22 heavy (non-hydrogen) atoms. The molecule has 112 valence electrons. The van der Waals surface area contributed by atoms with Crippen LogP contribution in [0.3, 0.4) is 0 Å².